The highest BCUT2D eigenvalue weighted by Crippen LogP contribution is 1.98. The number of carbonyl (C=O) groups excluding carboxylic acids is 4. The fourth-order valence-electron chi connectivity index (χ4n) is 1.68. The van der Waals surface area contributed by atoms with Gasteiger partial charge in [-0.1, -0.05) is 0 Å². The fraction of sp³-hybridized carbons (Fsp3) is 0.643. The Labute approximate surface area is 149 Å². The van der Waals surface area contributed by atoms with Gasteiger partial charge in [-0.3, -0.25) is 24.0 Å². The molecule has 0 aromatic carbocycles. The van der Waals surface area contributed by atoms with Gasteiger partial charge in [-0.05, 0) is 20.8 Å². The summed E-state index contributed by atoms with van der Waals surface area (Å²) in [7, 11) is 0. The van der Waals surface area contributed by atoms with Crippen LogP contribution in [0.15, 0.2) is 0 Å². The van der Waals surface area contributed by atoms with E-state index in [1.165, 1.54) is 20.8 Å². The first-order valence-corrected chi connectivity index (χ1v) is 7.72. The van der Waals surface area contributed by atoms with Crippen molar-refractivity contribution in [2.45, 2.75) is 57.5 Å². The molecular weight excluding hydrogens is 350 g/mol. The van der Waals surface area contributed by atoms with Gasteiger partial charge in [-0.15, -0.1) is 0 Å². The lowest BCUT2D eigenvalue weighted by atomic mass is 10.1. The third-order valence-electron chi connectivity index (χ3n) is 3.34. The van der Waals surface area contributed by atoms with Crippen molar-refractivity contribution in [3.8, 4) is 0 Å². The SMILES string of the molecule is CC(NC(=O)C(C)NC(=O)C(CC(N)=O)NC(=O)C(N)C(C)O)C(=O)O. The number of rotatable bonds is 10. The number of aliphatic carboxylic acids is 1. The maximum atomic E-state index is 12.2. The van der Waals surface area contributed by atoms with E-state index in [0.29, 0.717) is 0 Å². The summed E-state index contributed by atoms with van der Waals surface area (Å²) < 4.78 is 0. The molecule has 0 heterocycles. The van der Waals surface area contributed by atoms with Crippen LogP contribution in [0.25, 0.3) is 0 Å². The molecule has 0 rings (SSSR count). The average Bonchev–Trinajstić information content (AvgIpc) is 2.52. The summed E-state index contributed by atoms with van der Waals surface area (Å²) in [6.07, 6.45) is -1.77. The number of hydrogen-bond acceptors (Lipinski definition) is 7. The fourth-order valence-corrected chi connectivity index (χ4v) is 1.68. The van der Waals surface area contributed by atoms with Gasteiger partial charge < -0.3 is 37.6 Å². The monoisotopic (exact) mass is 375 g/mol. The van der Waals surface area contributed by atoms with E-state index in [-0.39, 0.29) is 0 Å². The molecule has 12 nitrogen and oxygen atoms in total. The summed E-state index contributed by atoms with van der Waals surface area (Å²) in [6, 6.07) is -5.08. The molecule has 148 valence electrons. The zero-order valence-corrected chi connectivity index (χ0v) is 14.7. The quantitative estimate of drug-likeness (QED) is 0.200. The molecule has 4 amide bonds. The predicted octanol–water partition coefficient (Wildman–Crippen LogP) is -3.85. The Morgan fingerprint density at radius 1 is 0.885 bits per heavy atom. The van der Waals surface area contributed by atoms with Crippen LogP contribution in [0, 0.1) is 0 Å². The number of carboxylic acid groups (broad SMARTS) is 1. The number of amides is 4. The van der Waals surface area contributed by atoms with Crippen LogP contribution >= 0.6 is 0 Å². The number of nitrogens with two attached hydrogens (primary N) is 2. The molecule has 9 N–H and O–H groups in total. The molecule has 0 aliphatic carbocycles. The van der Waals surface area contributed by atoms with Crippen molar-refractivity contribution in [2.24, 2.45) is 11.5 Å². The Hall–Kier alpha value is -2.73. The van der Waals surface area contributed by atoms with Crippen LogP contribution in [0.3, 0.4) is 0 Å². The Bertz CT molecular complexity index is 566. The van der Waals surface area contributed by atoms with Gasteiger partial charge in [0, 0.05) is 0 Å². The lowest BCUT2D eigenvalue weighted by Gasteiger charge is -2.23. The first kappa shape index (κ1) is 23.3. The number of carbonyl (C=O) groups is 5. The Morgan fingerprint density at radius 2 is 1.38 bits per heavy atom. The normalized spacial score (nSPS) is 16.3. The zero-order valence-electron chi connectivity index (χ0n) is 14.7. The van der Waals surface area contributed by atoms with Gasteiger partial charge in [0.2, 0.25) is 23.6 Å². The van der Waals surface area contributed by atoms with Gasteiger partial charge in [0.05, 0.1) is 12.5 Å². The number of primary amides is 1. The third kappa shape index (κ3) is 7.90. The van der Waals surface area contributed by atoms with E-state index in [2.05, 4.69) is 16.0 Å². The van der Waals surface area contributed by atoms with Crippen LogP contribution in [-0.2, 0) is 24.0 Å². The summed E-state index contributed by atoms with van der Waals surface area (Å²) in [5.74, 6) is -4.73. The number of aliphatic hydroxyl groups is 1. The molecule has 26 heavy (non-hydrogen) atoms. The van der Waals surface area contributed by atoms with Crippen LogP contribution in [0.1, 0.15) is 27.2 Å². The van der Waals surface area contributed by atoms with Crippen molar-refractivity contribution >= 4 is 29.6 Å². The summed E-state index contributed by atoms with van der Waals surface area (Å²) >= 11 is 0. The topological polar surface area (TPSA) is 214 Å². The van der Waals surface area contributed by atoms with Crippen molar-refractivity contribution in [1.29, 1.82) is 0 Å². The minimum Gasteiger partial charge on any atom is -0.480 e. The van der Waals surface area contributed by atoms with Crippen LogP contribution in [-0.4, -0.2) is 70.1 Å². The molecule has 12 heteroatoms. The van der Waals surface area contributed by atoms with Gasteiger partial charge in [0.15, 0.2) is 0 Å². The summed E-state index contributed by atoms with van der Waals surface area (Å²) in [5, 5.41) is 24.6. The molecule has 0 aromatic heterocycles. The molecular formula is C14H25N5O7. The predicted molar refractivity (Wildman–Crippen MR) is 88.2 cm³/mol. The number of nitrogens with one attached hydrogen (secondary N) is 3. The average molecular weight is 375 g/mol. The van der Waals surface area contributed by atoms with E-state index < -0.39 is 66.3 Å². The lowest BCUT2D eigenvalue weighted by Crippen LogP contribution is -2.58. The van der Waals surface area contributed by atoms with E-state index in [4.69, 9.17) is 16.6 Å². The molecule has 0 aliphatic heterocycles. The molecule has 0 aliphatic rings. The van der Waals surface area contributed by atoms with Crippen LogP contribution in [0.2, 0.25) is 0 Å². The van der Waals surface area contributed by atoms with Crippen molar-refractivity contribution in [1.82, 2.24) is 16.0 Å². The van der Waals surface area contributed by atoms with Crippen molar-refractivity contribution < 1.29 is 34.2 Å². The van der Waals surface area contributed by atoms with E-state index >= 15 is 0 Å². The highest BCUT2D eigenvalue weighted by molar-refractivity contribution is 5.96. The molecule has 0 radical (unpaired) electrons. The second-order valence-corrected chi connectivity index (χ2v) is 5.80. The third-order valence-corrected chi connectivity index (χ3v) is 3.34. The van der Waals surface area contributed by atoms with Gasteiger partial charge >= 0.3 is 5.97 Å². The van der Waals surface area contributed by atoms with Crippen molar-refractivity contribution in [3.05, 3.63) is 0 Å². The largest absolute Gasteiger partial charge is 0.480 e. The van der Waals surface area contributed by atoms with Crippen molar-refractivity contribution in [3.63, 3.8) is 0 Å². The second-order valence-electron chi connectivity index (χ2n) is 5.80. The zero-order chi connectivity index (χ0) is 20.6. The van der Waals surface area contributed by atoms with Crippen LogP contribution in [0.5, 0.6) is 0 Å². The molecule has 0 spiro atoms. The number of hydrogen-bond donors (Lipinski definition) is 7. The van der Waals surface area contributed by atoms with E-state index in [1.54, 1.807) is 0 Å². The van der Waals surface area contributed by atoms with Crippen LogP contribution in [0.4, 0.5) is 0 Å². The molecule has 5 unspecified atom stereocenters. The standard InChI is InChI=1S/C14H25N5O7/c1-5(11(22)18-6(2)14(25)26)17-12(23)8(4-9(15)21)19-13(24)10(16)7(3)20/h5-8,10,20H,4,16H2,1-3H3,(H2,15,21)(H,17,23)(H,18,22)(H,19,24)(H,25,26). The maximum absolute atomic E-state index is 12.2. The van der Waals surface area contributed by atoms with Gasteiger partial charge in [-0.2, -0.15) is 0 Å². The molecule has 0 fully saturated rings. The maximum Gasteiger partial charge on any atom is 0.325 e. The summed E-state index contributed by atoms with van der Waals surface area (Å²) in [4.78, 5) is 57.7. The number of carboxylic acids is 1. The first-order valence-electron chi connectivity index (χ1n) is 7.72. The van der Waals surface area contributed by atoms with Gasteiger partial charge in [0.1, 0.15) is 24.2 Å². The molecule has 0 aromatic rings. The van der Waals surface area contributed by atoms with E-state index in [0.717, 1.165) is 0 Å². The highest BCUT2D eigenvalue weighted by Gasteiger charge is 2.29. The molecule has 0 bridgehead atoms. The van der Waals surface area contributed by atoms with Crippen LogP contribution < -0.4 is 27.4 Å². The molecule has 0 saturated carbocycles. The second kappa shape index (κ2) is 10.3. The summed E-state index contributed by atoms with van der Waals surface area (Å²) in [6.45, 7) is 3.79. The van der Waals surface area contributed by atoms with Gasteiger partial charge in [0.25, 0.3) is 0 Å². The van der Waals surface area contributed by atoms with E-state index in [1.807, 2.05) is 0 Å². The number of aliphatic hydroxyl groups excluding tert-OH is 1. The Morgan fingerprint density at radius 3 is 1.81 bits per heavy atom. The lowest BCUT2D eigenvalue weighted by molar-refractivity contribution is -0.141. The minimum atomic E-state index is -1.42. The van der Waals surface area contributed by atoms with Gasteiger partial charge in [-0.25, -0.2) is 0 Å². The Balaban J connectivity index is 4.97. The summed E-state index contributed by atoms with van der Waals surface area (Å²) in [5.41, 5.74) is 10.5. The molecule has 0 saturated heterocycles. The smallest absolute Gasteiger partial charge is 0.325 e. The first-order chi connectivity index (χ1) is 11.9. The molecule has 5 atom stereocenters. The van der Waals surface area contributed by atoms with Crippen molar-refractivity contribution in [2.75, 3.05) is 0 Å². The highest BCUT2D eigenvalue weighted by atomic mass is 16.4. The van der Waals surface area contributed by atoms with E-state index in [9.17, 15) is 29.1 Å². The Kier molecular flexibility index (Phi) is 9.22. The minimum absolute atomic E-state index is 0.566.